The molecule has 0 unspecified atom stereocenters. The molecule has 4 nitrogen and oxygen atoms in total. The molecule has 106 valence electrons. The molecule has 0 spiro atoms. The van der Waals surface area contributed by atoms with E-state index in [1.54, 1.807) is 12.1 Å². The molecule has 0 fully saturated rings. The zero-order valence-electron chi connectivity index (χ0n) is 10.9. The van der Waals surface area contributed by atoms with Gasteiger partial charge in [0.1, 0.15) is 0 Å². The highest BCUT2D eigenvalue weighted by atomic mass is 79.9. The number of amides is 1. The average molecular weight is 365 g/mol. The summed E-state index contributed by atoms with van der Waals surface area (Å²) in [6.45, 7) is 0.431. The molecule has 0 saturated carbocycles. The molecule has 1 heterocycles. The molecular formula is C15H11BrClN3O. The van der Waals surface area contributed by atoms with Crippen LogP contribution in [0.15, 0.2) is 46.9 Å². The van der Waals surface area contributed by atoms with Crippen LogP contribution in [0.2, 0.25) is 5.02 Å². The zero-order valence-corrected chi connectivity index (χ0v) is 13.2. The van der Waals surface area contributed by atoms with Gasteiger partial charge in [0.15, 0.2) is 5.69 Å². The van der Waals surface area contributed by atoms with Gasteiger partial charge in [-0.05, 0) is 35.9 Å². The molecule has 6 heteroatoms. The smallest absolute Gasteiger partial charge is 0.272 e. The summed E-state index contributed by atoms with van der Waals surface area (Å²) in [6.07, 6.45) is 0. The fourth-order valence-corrected chi connectivity index (χ4v) is 2.52. The number of hydrogen-bond acceptors (Lipinski definition) is 2. The highest BCUT2D eigenvalue weighted by Crippen LogP contribution is 2.20. The van der Waals surface area contributed by atoms with E-state index in [0.717, 1.165) is 20.9 Å². The van der Waals surface area contributed by atoms with Gasteiger partial charge in [0.25, 0.3) is 5.91 Å². The van der Waals surface area contributed by atoms with Crippen molar-refractivity contribution in [1.29, 1.82) is 0 Å². The number of nitrogens with one attached hydrogen (secondary N) is 2. The topological polar surface area (TPSA) is 57.8 Å². The number of rotatable bonds is 3. The maximum Gasteiger partial charge on any atom is 0.272 e. The van der Waals surface area contributed by atoms with Gasteiger partial charge in [0.2, 0.25) is 0 Å². The number of H-pyrrole nitrogens is 1. The molecule has 0 atom stereocenters. The fourth-order valence-electron chi connectivity index (χ4n) is 2.03. The first-order valence-electron chi connectivity index (χ1n) is 6.30. The van der Waals surface area contributed by atoms with Gasteiger partial charge in [-0.15, -0.1) is 0 Å². The number of hydrogen-bond donors (Lipinski definition) is 2. The lowest BCUT2D eigenvalue weighted by Crippen LogP contribution is -2.23. The normalized spacial score (nSPS) is 10.8. The predicted octanol–water partition coefficient (Wildman–Crippen LogP) is 3.91. The Morgan fingerprint density at radius 1 is 1.24 bits per heavy atom. The molecule has 21 heavy (non-hydrogen) atoms. The molecule has 2 aromatic carbocycles. The largest absolute Gasteiger partial charge is 0.347 e. The third kappa shape index (κ3) is 3.09. The van der Waals surface area contributed by atoms with Gasteiger partial charge in [-0.25, -0.2) is 0 Å². The van der Waals surface area contributed by atoms with Crippen LogP contribution in [-0.2, 0) is 6.54 Å². The van der Waals surface area contributed by atoms with E-state index in [2.05, 4.69) is 31.4 Å². The van der Waals surface area contributed by atoms with Crippen LogP contribution in [-0.4, -0.2) is 16.1 Å². The van der Waals surface area contributed by atoms with E-state index in [-0.39, 0.29) is 5.91 Å². The summed E-state index contributed by atoms with van der Waals surface area (Å²) in [5, 5.41) is 11.3. The second kappa shape index (κ2) is 5.87. The molecular weight excluding hydrogens is 354 g/mol. The number of carbonyl (C=O) groups excluding carboxylic acids is 1. The van der Waals surface area contributed by atoms with Crippen molar-refractivity contribution in [3.63, 3.8) is 0 Å². The Labute approximate surface area is 134 Å². The van der Waals surface area contributed by atoms with Gasteiger partial charge in [0.05, 0.1) is 5.52 Å². The lowest BCUT2D eigenvalue weighted by Gasteiger charge is -2.04. The Hall–Kier alpha value is -1.85. The summed E-state index contributed by atoms with van der Waals surface area (Å²) >= 11 is 9.22. The minimum atomic E-state index is -0.210. The highest BCUT2D eigenvalue weighted by molar-refractivity contribution is 9.10. The Balaban J connectivity index is 1.76. The molecule has 0 radical (unpaired) electrons. The molecule has 3 aromatic rings. The van der Waals surface area contributed by atoms with Crippen LogP contribution in [0.4, 0.5) is 0 Å². The Bertz CT molecular complexity index is 798. The van der Waals surface area contributed by atoms with Crippen LogP contribution < -0.4 is 5.32 Å². The molecule has 1 amide bonds. The van der Waals surface area contributed by atoms with Crippen molar-refractivity contribution in [2.45, 2.75) is 6.54 Å². The molecule has 2 N–H and O–H groups in total. The number of benzene rings is 2. The summed E-state index contributed by atoms with van der Waals surface area (Å²) in [5.41, 5.74) is 2.20. The van der Waals surface area contributed by atoms with Crippen molar-refractivity contribution in [2.75, 3.05) is 0 Å². The first-order chi connectivity index (χ1) is 10.1. The Kier molecular flexibility index (Phi) is 3.94. The zero-order chi connectivity index (χ0) is 14.8. The molecule has 1 aromatic heterocycles. The number of fused-ring (bicyclic) bond motifs is 1. The maximum absolute atomic E-state index is 12.2. The van der Waals surface area contributed by atoms with Crippen LogP contribution in [0.5, 0.6) is 0 Å². The highest BCUT2D eigenvalue weighted by Gasteiger charge is 2.13. The van der Waals surface area contributed by atoms with Crippen LogP contribution >= 0.6 is 27.5 Å². The van der Waals surface area contributed by atoms with Gasteiger partial charge in [-0.1, -0.05) is 39.7 Å². The number of aromatic amines is 1. The second-order valence-electron chi connectivity index (χ2n) is 4.57. The predicted molar refractivity (Wildman–Crippen MR) is 86.4 cm³/mol. The van der Waals surface area contributed by atoms with Crippen LogP contribution in [0, 0.1) is 0 Å². The van der Waals surface area contributed by atoms with Gasteiger partial charge in [-0.2, -0.15) is 5.10 Å². The summed E-state index contributed by atoms with van der Waals surface area (Å²) in [6, 6.07) is 13.0. The molecule has 3 rings (SSSR count). The first kappa shape index (κ1) is 14.1. The van der Waals surface area contributed by atoms with Crippen molar-refractivity contribution < 1.29 is 4.79 Å². The van der Waals surface area contributed by atoms with Crippen molar-refractivity contribution in [3.05, 3.63) is 63.2 Å². The number of halogens is 2. The first-order valence-corrected chi connectivity index (χ1v) is 7.47. The molecule has 0 aliphatic carbocycles. The quantitative estimate of drug-likeness (QED) is 0.740. The Morgan fingerprint density at radius 3 is 2.76 bits per heavy atom. The van der Waals surface area contributed by atoms with E-state index in [4.69, 9.17) is 11.6 Å². The molecule has 0 bridgehead atoms. The molecule has 0 aliphatic rings. The molecule has 0 aliphatic heterocycles. The number of aromatic nitrogens is 2. The van der Waals surface area contributed by atoms with Gasteiger partial charge >= 0.3 is 0 Å². The lowest BCUT2D eigenvalue weighted by atomic mass is 10.2. The van der Waals surface area contributed by atoms with Crippen LogP contribution in [0.1, 0.15) is 16.1 Å². The van der Waals surface area contributed by atoms with Crippen molar-refractivity contribution >= 4 is 44.3 Å². The van der Waals surface area contributed by atoms with Gasteiger partial charge in [0, 0.05) is 21.4 Å². The molecule has 0 saturated heterocycles. The SMILES string of the molecule is O=C(NCc1ccc(Cl)cc1)c1n[nH]c2cc(Br)ccc12. The lowest BCUT2D eigenvalue weighted by molar-refractivity contribution is 0.0947. The average Bonchev–Trinajstić information content (AvgIpc) is 2.89. The monoisotopic (exact) mass is 363 g/mol. The number of nitrogens with zero attached hydrogens (tertiary/aromatic N) is 1. The minimum absolute atomic E-state index is 0.210. The van der Waals surface area contributed by atoms with E-state index in [0.29, 0.717) is 17.3 Å². The number of carbonyl (C=O) groups is 1. The minimum Gasteiger partial charge on any atom is -0.347 e. The van der Waals surface area contributed by atoms with E-state index >= 15 is 0 Å². The van der Waals surface area contributed by atoms with Gasteiger partial charge in [-0.3, -0.25) is 9.89 Å². The van der Waals surface area contributed by atoms with Gasteiger partial charge < -0.3 is 5.32 Å². The van der Waals surface area contributed by atoms with Crippen LogP contribution in [0.25, 0.3) is 10.9 Å². The summed E-state index contributed by atoms with van der Waals surface area (Å²) in [5.74, 6) is -0.210. The summed E-state index contributed by atoms with van der Waals surface area (Å²) in [4.78, 5) is 12.2. The summed E-state index contributed by atoms with van der Waals surface area (Å²) < 4.78 is 0.937. The van der Waals surface area contributed by atoms with E-state index < -0.39 is 0 Å². The van der Waals surface area contributed by atoms with Crippen molar-refractivity contribution in [2.24, 2.45) is 0 Å². The third-order valence-electron chi connectivity index (χ3n) is 3.11. The maximum atomic E-state index is 12.2. The van der Waals surface area contributed by atoms with E-state index in [1.165, 1.54) is 0 Å². The summed E-state index contributed by atoms with van der Waals surface area (Å²) in [7, 11) is 0. The van der Waals surface area contributed by atoms with E-state index in [1.807, 2.05) is 30.3 Å². The fraction of sp³-hybridized carbons (Fsp3) is 0.0667. The van der Waals surface area contributed by atoms with E-state index in [9.17, 15) is 4.79 Å². The van der Waals surface area contributed by atoms with Crippen molar-refractivity contribution in [3.8, 4) is 0 Å². The third-order valence-corrected chi connectivity index (χ3v) is 3.85. The standard InChI is InChI=1S/C15H11BrClN3O/c16-10-3-6-12-13(7-10)19-20-14(12)15(21)18-8-9-1-4-11(17)5-2-9/h1-7H,8H2,(H,18,21)(H,19,20). The van der Waals surface area contributed by atoms with Crippen molar-refractivity contribution in [1.82, 2.24) is 15.5 Å². The van der Waals surface area contributed by atoms with Crippen LogP contribution in [0.3, 0.4) is 0 Å². The second-order valence-corrected chi connectivity index (χ2v) is 5.92. The Morgan fingerprint density at radius 2 is 2.00 bits per heavy atom.